The Kier molecular flexibility index (Phi) is 24.6. The zero-order chi connectivity index (χ0) is 24.9. The van der Waals surface area contributed by atoms with E-state index in [0.717, 1.165) is 9.26 Å². The molecule has 6 nitrogen and oxygen atoms in total. The molecule has 3 rings (SSSR count). The normalized spacial score (nSPS) is 9.74. The van der Waals surface area contributed by atoms with Crippen molar-refractivity contribution in [2.24, 2.45) is 5.14 Å². The molecule has 0 aliphatic rings. The van der Waals surface area contributed by atoms with E-state index in [1.54, 1.807) is 36.4 Å². The Bertz CT molecular complexity index is 1130. The molecule has 0 heterocycles. The van der Waals surface area contributed by atoms with Gasteiger partial charge in [0.15, 0.2) is 0 Å². The molecule has 4 N–H and O–H groups in total. The van der Waals surface area contributed by atoms with Crippen LogP contribution in [0.3, 0.4) is 0 Å². The smallest absolute Gasteiger partial charge is 0.262 e. The Labute approximate surface area is 282 Å². The van der Waals surface area contributed by atoms with E-state index >= 15 is 0 Å². The van der Waals surface area contributed by atoms with Gasteiger partial charge in [-0.3, -0.25) is 0 Å². The molecule has 15 heteroatoms. The predicted molar refractivity (Wildman–Crippen MR) is 181 cm³/mol. The van der Waals surface area contributed by atoms with Crippen LogP contribution in [0.4, 0.5) is 5.69 Å². The molecule has 3 aromatic carbocycles. The van der Waals surface area contributed by atoms with E-state index in [1.165, 1.54) is 12.1 Å². The minimum absolute atomic E-state index is 0. The number of hydrogen-bond donors (Lipinski definition) is 2. The van der Waals surface area contributed by atoms with Gasteiger partial charge in [-0.25, -0.2) is 22.0 Å². The van der Waals surface area contributed by atoms with Crippen molar-refractivity contribution in [1.82, 2.24) is 0 Å². The number of benzene rings is 3. The number of nitrogens with two attached hydrogens (primary N) is 2. The zero-order valence-corrected chi connectivity index (χ0v) is 31.8. The van der Waals surface area contributed by atoms with Gasteiger partial charge in [0.25, 0.3) is 9.05 Å². The van der Waals surface area contributed by atoms with Gasteiger partial charge in [-0.2, -0.15) is 0 Å². The quantitative estimate of drug-likeness (QED) is 0.121. The summed E-state index contributed by atoms with van der Waals surface area (Å²) in [6.07, 6.45) is 0. The number of anilines is 1. The first-order valence-electron chi connectivity index (χ1n) is 7.95. The standard InChI is InChI=1S/C6H4ClIO2S.C6H6INO2S.C6H6IN.CH3.I2.V/c7-11(9,10)6-4-2-1-3-5(6)8;7-5-3-1-2-4-6(5)11(8,9)10;7-5-3-1-2-4-6(5)8;;1-2;/h1-4H;1-4H,(H2,8,9,10);1-4H,8H2;1H3;;/q;;;-1;;. The second-order valence-electron chi connectivity index (χ2n) is 5.37. The molecule has 0 amide bonds. The average Bonchev–Trinajstić information content (AvgIpc) is 2.72. The topological polar surface area (TPSA) is 120 Å². The maximum atomic E-state index is 10.8. The Hall–Kier alpha value is 1.84. The number of nitrogen functional groups attached to an aromatic ring is 1. The molecule has 1 radical (unpaired) electrons. The summed E-state index contributed by atoms with van der Waals surface area (Å²) in [5.41, 5.74) is 6.37. The van der Waals surface area contributed by atoms with Crippen LogP contribution < -0.4 is 10.9 Å². The number of halogens is 6. The number of hydrogen-bond acceptors (Lipinski definition) is 5. The van der Waals surface area contributed by atoms with E-state index in [-0.39, 0.29) is 35.8 Å². The minimum atomic E-state index is -3.57. The van der Waals surface area contributed by atoms with Crippen LogP contribution in [-0.4, -0.2) is 16.8 Å². The maximum Gasteiger partial charge on any atom is 0.262 e. The molecule has 189 valence electrons. The number of primary sulfonamides is 1. The summed E-state index contributed by atoms with van der Waals surface area (Å²) in [5.74, 6) is 0. The number of para-hydroxylation sites is 1. The molecule has 0 unspecified atom stereocenters. The molecule has 0 saturated heterocycles. The van der Waals surface area contributed by atoms with Crippen LogP contribution in [-0.2, 0) is 37.6 Å². The van der Waals surface area contributed by atoms with E-state index in [1.807, 2.05) is 69.4 Å². The summed E-state index contributed by atoms with van der Waals surface area (Å²) in [4.78, 5) is 0.350. The monoisotopic (exact) mass is 1120 g/mol. The second-order valence-corrected chi connectivity index (χ2v) is 12.9. The van der Waals surface area contributed by atoms with Crippen LogP contribution in [0.1, 0.15) is 0 Å². The van der Waals surface area contributed by atoms with Crippen LogP contribution >= 0.6 is 116 Å². The first-order valence-corrected chi connectivity index (χ1v) is 21.3. The predicted octanol–water partition coefficient (Wildman–Crippen LogP) is 7.25. The summed E-state index contributed by atoms with van der Waals surface area (Å²) < 4.78 is 45.7. The van der Waals surface area contributed by atoms with Gasteiger partial charge in [-0.15, -0.1) is 0 Å². The Balaban J connectivity index is -0.000000402. The van der Waals surface area contributed by atoms with Crippen LogP contribution in [0.2, 0.25) is 0 Å². The average molecular weight is 1120 g/mol. The van der Waals surface area contributed by atoms with Crippen molar-refractivity contribution in [3.05, 3.63) is 90.9 Å². The van der Waals surface area contributed by atoms with Crippen molar-refractivity contribution in [3.8, 4) is 0 Å². The molecule has 0 aliphatic carbocycles. The molecule has 0 bridgehead atoms. The van der Waals surface area contributed by atoms with Crippen molar-refractivity contribution in [3.63, 3.8) is 0 Å². The third-order valence-electron chi connectivity index (χ3n) is 3.15. The minimum Gasteiger partial charge on any atom is -0.398 e. The molecule has 0 aliphatic heterocycles. The van der Waals surface area contributed by atoms with Crippen molar-refractivity contribution in [2.75, 3.05) is 5.73 Å². The molecule has 0 fully saturated rings. The van der Waals surface area contributed by atoms with Crippen LogP contribution in [0.15, 0.2) is 82.6 Å². The van der Waals surface area contributed by atoms with E-state index in [9.17, 15) is 16.8 Å². The fraction of sp³-hybridized carbons (Fsp3) is 0. The van der Waals surface area contributed by atoms with Gasteiger partial charge < -0.3 is 13.2 Å². The number of sulfonamides is 1. The van der Waals surface area contributed by atoms with Crippen LogP contribution in [0, 0.1) is 18.1 Å². The zero-order valence-electron chi connectivity index (χ0n) is 17.2. The molecule has 0 aromatic heterocycles. The SMILES string of the molecule is II.NS(=O)(=O)c1ccccc1I.Nc1ccccc1I.O=S(=O)(Cl)c1ccccc1I.[CH3-].[V]. The van der Waals surface area contributed by atoms with Crippen molar-refractivity contribution in [1.29, 1.82) is 0 Å². The van der Waals surface area contributed by atoms with Gasteiger partial charge in [0.2, 0.25) is 10.0 Å². The molecule has 3 aromatic rings. The summed E-state index contributed by atoms with van der Waals surface area (Å²) in [7, 11) is -1.98. The van der Waals surface area contributed by atoms with Gasteiger partial charge in [-0.1, -0.05) is 36.4 Å². The summed E-state index contributed by atoms with van der Waals surface area (Å²) >= 11 is 10.3. The summed E-state index contributed by atoms with van der Waals surface area (Å²) in [5, 5.41) is 4.93. The fourth-order valence-corrected chi connectivity index (χ4v) is 6.69. The van der Waals surface area contributed by atoms with E-state index < -0.39 is 19.1 Å². The first-order chi connectivity index (χ1) is 14.8. The van der Waals surface area contributed by atoms with Crippen molar-refractivity contribution >= 4 is 140 Å². The van der Waals surface area contributed by atoms with Crippen LogP contribution in [0.25, 0.3) is 0 Å². The Morgan fingerprint density at radius 1 is 0.647 bits per heavy atom. The third-order valence-corrected chi connectivity index (χ3v) is 9.09. The van der Waals surface area contributed by atoms with Gasteiger partial charge in [0.1, 0.15) is 0 Å². The van der Waals surface area contributed by atoms with Gasteiger partial charge in [-0.05, 0) is 104 Å². The Morgan fingerprint density at radius 2 is 0.971 bits per heavy atom. The third kappa shape index (κ3) is 16.6. The second kappa shape index (κ2) is 20.8. The Morgan fingerprint density at radius 3 is 1.18 bits per heavy atom. The van der Waals surface area contributed by atoms with Gasteiger partial charge in [0.05, 0.1) is 9.79 Å². The van der Waals surface area contributed by atoms with Crippen molar-refractivity contribution < 1.29 is 35.4 Å². The molecular formula is C19H19ClI5N2O4S2V-. The van der Waals surface area contributed by atoms with E-state index in [0.29, 0.717) is 7.14 Å². The molecular weight excluding hydrogens is 1110 g/mol. The molecule has 34 heavy (non-hydrogen) atoms. The van der Waals surface area contributed by atoms with Gasteiger partial charge >= 0.3 is 0 Å². The molecule has 0 spiro atoms. The van der Waals surface area contributed by atoms with E-state index in [2.05, 4.69) is 59.8 Å². The van der Waals surface area contributed by atoms with Crippen molar-refractivity contribution in [2.45, 2.75) is 9.79 Å². The molecule has 0 atom stereocenters. The molecule has 0 saturated carbocycles. The maximum absolute atomic E-state index is 10.8. The van der Waals surface area contributed by atoms with Crippen LogP contribution in [0.5, 0.6) is 0 Å². The fourth-order valence-electron chi connectivity index (χ4n) is 1.79. The first kappa shape index (κ1) is 40.3. The summed E-state index contributed by atoms with van der Waals surface area (Å²) in [6.45, 7) is 0. The number of rotatable bonds is 2. The largest absolute Gasteiger partial charge is 0.398 e. The van der Waals surface area contributed by atoms with E-state index in [4.69, 9.17) is 21.6 Å². The summed E-state index contributed by atoms with van der Waals surface area (Å²) in [6, 6.07) is 20.9. The van der Waals surface area contributed by atoms with Gasteiger partial charge in [0, 0.05) is 82.9 Å².